The van der Waals surface area contributed by atoms with Gasteiger partial charge in [0.25, 0.3) is 0 Å². The topological polar surface area (TPSA) is 68.6 Å². The third-order valence-corrected chi connectivity index (χ3v) is 6.37. The highest BCUT2D eigenvalue weighted by molar-refractivity contribution is 5.71. The van der Waals surface area contributed by atoms with Crippen molar-refractivity contribution in [2.45, 2.75) is 51.1 Å². The molecule has 4 fully saturated rings. The molecule has 6 nitrogen and oxygen atoms in total. The van der Waals surface area contributed by atoms with Crippen molar-refractivity contribution in [2.75, 3.05) is 39.6 Å². The van der Waals surface area contributed by atoms with Crippen LogP contribution in [0.25, 0.3) is 11.1 Å². The predicted octanol–water partition coefficient (Wildman–Crippen LogP) is 3.41. The van der Waals surface area contributed by atoms with Gasteiger partial charge in [-0.25, -0.2) is 0 Å². The normalized spacial score (nSPS) is 27.2. The lowest BCUT2D eigenvalue weighted by molar-refractivity contribution is 0.259. The van der Waals surface area contributed by atoms with Crippen LogP contribution in [0.2, 0.25) is 0 Å². The fourth-order valence-corrected chi connectivity index (χ4v) is 4.29. The highest BCUT2D eigenvalue weighted by Crippen LogP contribution is 2.38. The Labute approximate surface area is 188 Å². The molecular formula is C26H30O6. The predicted molar refractivity (Wildman–Crippen MR) is 119 cm³/mol. The second-order valence-electron chi connectivity index (χ2n) is 9.41. The maximum atomic E-state index is 6.17. The zero-order valence-electron chi connectivity index (χ0n) is 18.7. The molecule has 0 saturated carbocycles. The van der Waals surface area contributed by atoms with E-state index in [-0.39, 0.29) is 12.2 Å². The number of benzene rings is 2. The Morgan fingerprint density at radius 1 is 0.625 bits per heavy atom. The van der Waals surface area contributed by atoms with Crippen LogP contribution in [0.3, 0.4) is 0 Å². The van der Waals surface area contributed by atoms with Gasteiger partial charge in [0.1, 0.15) is 36.9 Å². The first kappa shape index (κ1) is 20.5. The summed E-state index contributed by atoms with van der Waals surface area (Å²) in [6.45, 7) is 8.73. The molecule has 0 aliphatic carbocycles. The summed E-state index contributed by atoms with van der Waals surface area (Å²) in [5.74, 6) is 1.96. The first-order chi connectivity index (χ1) is 15.6. The van der Waals surface area contributed by atoms with Crippen LogP contribution in [0.4, 0.5) is 0 Å². The maximum absolute atomic E-state index is 6.17. The van der Waals surface area contributed by atoms with Crippen LogP contribution in [-0.2, 0) is 31.8 Å². The molecule has 2 aromatic carbocycles. The molecule has 0 spiro atoms. The average Bonchev–Trinajstić information content (AvgIpc) is 3.60. The molecular weight excluding hydrogens is 408 g/mol. The first-order valence-electron chi connectivity index (χ1n) is 11.6. The number of aryl methyl sites for hydroxylation is 2. The fraction of sp³-hybridized carbons (Fsp3) is 0.538. The van der Waals surface area contributed by atoms with Crippen LogP contribution in [0.1, 0.15) is 22.3 Å². The van der Waals surface area contributed by atoms with Crippen LogP contribution in [0.5, 0.6) is 11.5 Å². The summed E-state index contributed by atoms with van der Waals surface area (Å²) in [6, 6.07) is 8.99. The Morgan fingerprint density at radius 3 is 1.34 bits per heavy atom. The van der Waals surface area contributed by atoms with E-state index in [2.05, 4.69) is 38.1 Å². The smallest absolute Gasteiger partial charge is 0.125 e. The van der Waals surface area contributed by atoms with E-state index in [0.29, 0.717) is 25.4 Å². The average molecular weight is 439 g/mol. The van der Waals surface area contributed by atoms with Gasteiger partial charge >= 0.3 is 0 Å². The fourth-order valence-electron chi connectivity index (χ4n) is 4.29. The summed E-state index contributed by atoms with van der Waals surface area (Å²) < 4.78 is 34.1. The minimum absolute atomic E-state index is 0.238. The van der Waals surface area contributed by atoms with Crippen LogP contribution < -0.4 is 9.47 Å². The van der Waals surface area contributed by atoms with Gasteiger partial charge < -0.3 is 28.4 Å². The van der Waals surface area contributed by atoms with Crippen molar-refractivity contribution in [1.82, 2.24) is 0 Å². The van der Waals surface area contributed by atoms with Gasteiger partial charge in [0, 0.05) is 12.8 Å². The minimum atomic E-state index is 0.238. The summed E-state index contributed by atoms with van der Waals surface area (Å²) in [5.41, 5.74) is 7.11. The van der Waals surface area contributed by atoms with Gasteiger partial charge in [-0.05, 0) is 71.5 Å². The molecule has 0 amide bonds. The Hall–Kier alpha value is -2.12. The van der Waals surface area contributed by atoms with Gasteiger partial charge in [0.2, 0.25) is 0 Å². The largest absolute Gasteiger partial charge is 0.490 e. The molecule has 0 N–H and O–H groups in total. The molecule has 6 heteroatoms. The third-order valence-electron chi connectivity index (χ3n) is 6.37. The number of hydrogen-bond donors (Lipinski definition) is 0. The molecule has 2 aromatic rings. The molecule has 4 aliphatic rings. The molecule has 6 rings (SSSR count). The van der Waals surface area contributed by atoms with Crippen LogP contribution >= 0.6 is 0 Å². The van der Waals surface area contributed by atoms with Gasteiger partial charge in [-0.1, -0.05) is 0 Å². The molecule has 4 heterocycles. The summed E-state index contributed by atoms with van der Waals surface area (Å²) in [7, 11) is 0. The number of ether oxygens (including phenoxy) is 6. The van der Waals surface area contributed by atoms with Crippen molar-refractivity contribution in [3.8, 4) is 22.6 Å². The summed E-state index contributed by atoms with van der Waals surface area (Å²) in [4.78, 5) is 0. The van der Waals surface area contributed by atoms with Gasteiger partial charge in [-0.15, -0.1) is 0 Å². The monoisotopic (exact) mass is 438 g/mol. The molecule has 4 saturated heterocycles. The SMILES string of the molecule is Cc1cc(-c2cc(C)c(OCC3CO3)c(CC3CO3)c2)cc(CC2CO2)c1OCC1CO1. The maximum Gasteiger partial charge on any atom is 0.125 e. The molecule has 4 unspecified atom stereocenters. The van der Waals surface area contributed by atoms with E-state index in [0.717, 1.165) is 61.9 Å². The van der Waals surface area contributed by atoms with E-state index >= 15 is 0 Å². The van der Waals surface area contributed by atoms with E-state index in [1.54, 1.807) is 0 Å². The molecule has 170 valence electrons. The second kappa shape index (κ2) is 8.34. The zero-order chi connectivity index (χ0) is 21.7. The van der Waals surface area contributed by atoms with Gasteiger partial charge in [0.05, 0.1) is 38.6 Å². The van der Waals surface area contributed by atoms with Crippen LogP contribution in [-0.4, -0.2) is 64.1 Å². The highest BCUT2D eigenvalue weighted by Gasteiger charge is 2.29. The molecule has 4 atom stereocenters. The van der Waals surface area contributed by atoms with Crippen molar-refractivity contribution < 1.29 is 28.4 Å². The Morgan fingerprint density at radius 2 is 1.00 bits per heavy atom. The minimum Gasteiger partial charge on any atom is -0.490 e. The van der Waals surface area contributed by atoms with Gasteiger partial charge in [0.15, 0.2) is 0 Å². The summed E-state index contributed by atoms with van der Waals surface area (Å²) >= 11 is 0. The highest BCUT2D eigenvalue weighted by atomic mass is 16.6. The van der Waals surface area contributed by atoms with Crippen LogP contribution in [0, 0.1) is 13.8 Å². The molecule has 0 aromatic heterocycles. The van der Waals surface area contributed by atoms with Gasteiger partial charge in [-0.3, -0.25) is 0 Å². The van der Waals surface area contributed by atoms with E-state index < -0.39 is 0 Å². The lowest BCUT2D eigenvalue weighted by Crippen LogP contribution is -2.09. The van der Waals surface area contributed by atoms with Crippen molar-refractivity contribution in [3.63, 3.8) is 0 Å². The van der Waals surface area contributed by atoms with E-state index in [1.165, 1.54) is 22.3 Å². The summed E-state index contributed by atoms with van der Waals surface area (Å²) in [6.07, 6.45) is 2.83. The summed E-state index contributed by atoms with van der Waals surface area (Å²) in [5, 5.41) is 0. The Kier molecular flexibility index (Phi) is 5.34. The lowest BCUT2D eigenvalue weighted by Gasteiger charge is -2.18. The van der Waals surface area contributed by atoms with Crippen LogP contribution in [0.15, 0.2) is 24.3 Å². The standard InChI is InChI=1S/C26H30O6/c1-15-3-17(5-19(7-21-9-27-21)25(15)31-13-23-11-29-23)18-4-16(2)26(32-14-24-12-30-24)20(6-18)8-22-10-28-22/h3-6,21-24H,7-14H2,1-2H3. The number of epoxide rings is 4. The third kappa shape index (κ3) is 4.94. The first-order valence-corrected chi connectivity index (χ1v) is 11.6. The Balaban J connectivity index is 1.32. The molecule has 0 radical (unpaired) electrons. The quantitative estimate of drug-likeness (QED) is 0.501. The van der Waals surface area contributed by atoms with E-state index in [1.807, 2.05) is 0 Å². The second-order valence-corrected chi connectivity index (χ2v) is 9.41. The van der Waals surface area contributed by atoms with Crippen molar-refractivity contribution in [2.24, 2.45) is 0 Å². The lowest BCUT2D eigenvalue weighted by atomic mass is 9.93. The van der Waals surface area contributed by atoms with Crippen molar-refractivity contribution in [1.29, 1.82) is 0 Å². The van der Waals surface area contributed by atoms with E-state index in [9.17, 15) is 0 Å². The van der Waals surface area contributed by atoms with E-state index in [4.69, 9.17) is 28.4 Å². The number of hydrogen-bond acceptors (Lipinski definition) is 6. The molecule has 0 bridgehead atoms. The molecule has 32 heavy (non-hydrogen) atoms. The van der Waals surface area contributed by atoms with Gasteiger partial charge in [-0.2, -0.15) is 0 Å². The van der Waals surface area contributed by atoms with Crippen molar-refractivity contribution in [3.05, 3.63) is 46.5 Å². The zero-order valence-corrected chi connectivity index (χ0v) is 18.7. The van der Waals surface area contributed by atoms with Crippen molar-refractivity contribution >= 4 is 0 Å². The Bertz CT molecular complexity index is 920. The number of rotatable bonds is 11. The molecule has 4 aliphatic heterocycles.